The van der Waals surface area contributed by atoms with Crippen LogP contribution in [0, 0.1) is 25.2 Å². The van der Waals surface area contributed by atoms with E-state index in [0.29, 0.717) is 16.5 Å². The minimum Gasteiger partial charge on any atom is -0.444 e. The second-order valence-electron chi connectivity index (χ2n) is 3.80. The Kier molecular flexibility index (Phi) is 3.71. The van der Waals surface area contributed by atoms with Gasteiger partial charge >= 0.3 is 0 Å². The molecule has 0 saturated heterocycles. The summed E-state index contributed by atoms with van der Waals surface area (Å²) in [5.41, 5.74) is 0.733. The lowest BCUT2D eigenvalue weighted by molar-refractivity contribution is 0.463. The number of hydrogen-bond donors (Lipinski definition) is 1. The summed E-state index contributed by atoms with van der Waals surface area (Å²) in [5.74, 6) is 0.979. The fourth-order valence-electron chi connectivity index (χ4n) is 1.37. The lowest BCUT2D eigenvalue weighted by Gasteiger charge is -2.01. The van der Waals surface area contributed by atoms with Gasteiger partial charge in [0, 0.05) is 0 Å². The van der Waals surface area contributed by atoms with E-state index in [1.807, 2.05) is 6.07 Å². The number of nitrogens with zero attached hydrogens (tertiary/aromatic N) is 2. The van der Waals surface area contributed by atoms with Gasteiger partial charge in [0.1, 0.15) is 20.9 Å². The molecule has 0 spiro atoms. The first-order valence-electron chi connectivity index (χ1n) is 5.35. The molecular weight excluding hydrogens is 286 g/mol. The van der Waals surface area contributed by atoms with E-state index in [9.17, 15) is 8.42 Å². The summed E-state index contributed by atoms with van der Waals surface area (Å²) < 4.78 is 31.7. The second-order valence-corrected chi connectivity index (χ2v) is 6.88. The maximum Gasteiger partial charge on any atom is 0.250 e. The lowest BCUT2D eigenvalue weighted by atomic mass is 10.4. The lowest BCUT2D eigenvalue weighted by Crippen LogP contribution is -2.22. The fraction of sp³-hybridized carbons (Fsp3) is 0.273. The molecule has 2 aromatic rings. The van der Waals surface area contributed by atoms with Gasteiger partial charge in [-0.25, -0.2) is 18.1 Å². The van der Waals surface area contributed by atoms with E-state index in [0.717, 1.165) is 17.0 Å². The molecule has 0 saturated carbocycles. The minimum atomic E-state index is -3.63. The van der Waals surface area contributed by atoms with E-state index in [1.165, 1.54) is 12.1 Å². The number of sulfonamides is 1. The number of rotatable bonds is 4. The van der Waals surface area contributed by atoms with E-state index in [4.69, 9.17) is 9.68 Å². The zero-order valence-corrected chi connectivity index (χ0v) is 11.9. The Morgan fingerprint density at radius 1 is 1.47 bits per heavy atom. The predicted octanol–water partition coefficient (Wildman–Crippen LogP) is 1.70. The Morgan fingerprint density at radius 3 is 2.74 bits per heavy atom. The highest BCUT2D eigenvalue weighted by Crippen LogP contribution is 2.20. The zero-order chi connectivity index (χ0) is 14.0. The molecule has 6 nitrogen and oxygen atoms in total. The fourth-order valence-corrected chi connectivity index (χ4v) is 3.49. The van der Waals surface area contributed by atoms with Crippen molar-refractivity contribution in [2.45, 2.75) is 24.6 Å². The molecule has 0 unspecified atom stereocenters. The average Bonchev–Trinajstić information content (AvgIpc) is 2.95. The third-order valence-electron chi connectivity index (χ3n) is 2.44. The monoisotopic (exact) mass is 297 g/mol. The van der Waals surface area contributed by atoms with Gasteiger partial charge in [-0.05, 0) is 26.0 Å². The number of aryl methyl sites for hydroxylation is 2. The van der Waals surface area contributed by atoms with Gasteiger partial charge in [-0.2, -0.15) is 5.26 Å². The van der Waals surface area contributed by atoms with Crippen molar-refractivity contribution in [3.63, 3.8) is 0 Å². The van der Waals surface area contributed by atoms with E-state index >= 15 is 0 Å². The van der Waals surface area contributed by atoms with E-state index in [2.05, 4.69) is 9.71 Å². The van der Waals surface area contributed by atoms with Crippen molar-refractivity contribution in [1.29, 1.82) is 5.26 Å². The van der Waals surface area contributed by atoms with Crippen molar-refractivity contribution in [3.05, 3.63) is 34.4 Å². The molecule has 0 fully saturated rings. The summed E-state index contributed by atoms with van der Waals surface area (Å²) in [6, 6.07) is 4.77. The second kappa shape index (κ2) is 5.13. The van der Waals surface area contributed by atoms with Gasteiger partial charge in [0.05, 0.1) is 12.2 Å². The summed E-state index contributed by atoms with van der Waals surface area (Å²) in [5, 5.41) is 8.68. The number of nitrogens with one attached hydrogen (secondary N) is 1. The maximum absolute atomic E-state index is 11.9. The molecule has 0 aliphatic heterocycles. The maximum atomic E-state index is 11.9. The average molecular weight is 297 g/mol. The van der Waals surface area contributed by atoms with E-state index in [-0.39, 0.29) is 10.8 Å². The van der Waals surface area contributed by atoms with Crippen molar-refractivity contribution < 1.29 is 12.8 Å². The molecule has 0 atom stereocenters. The van der Waals surface area contributed by atoms with Gasteiger partial charge in [0.25, 0.3) is 10.0 Å². The Bertz CT molecular complexity index is 718. The van der Waals surface area contributed by atoms with Crippen LogP contribution in [-0.2, 0) is 16.6 Å². The summed E-state index contributed by atoms with van der Waals surface area (Å²) in [4.78, 5) is 4.44. The van der Waals surface area contributed by atoms with Crippen LogP contribution in [0.4, 0.5) is 0 Å². The molecule has 0 amide bonds. The number of nitriles is 1. The van der Waals surface area contributed by atoms with Crippen LogP contribution in [0.2, 0.25) is 0 Å². The highest BCUT2D eigenvalue weighted by Gasteiger charge is 2.18. The Balaban J connectivity index is 2.12. The molecule has 0 bridgehead atoms. The van der Waals surface area contributed by atoms with Gasteiger partial charge < -0.3 is 4.42 Å². The SMILES string of the molecule is Cc1nc(CNS(=O)(=O)c2ccc(C#N)s2)oc1C. The molecule has 100 valence electrons. The number of thiophene rings is 1. The van der Waals surface area contributed by atoms with Crippen molar-refractivity contribution in [3.8, 4) is 6.07 Å². The first kappa shape index (κ1) is 13.7. The largest absolute Gasteiger partial charge is 0.444 e. The van der Waals surface area contributed by atoms with Gasteiger partial charge in [0.15, 0.2) is 0 Å². The first-order valence-corrected chi connectivity index (χ1v) is 7.65. The van der Waals surface area contributed by atoms with Crippen molar-refractivity contribution in [2.75, 3.05) is 0 Å². The predicted molar refractivity (Wildman–Crippen MR) is 69.0 cm³/mol. The molecular formula is C11H11N3O3S2. The van der Waals surface area contributed by atoms with Crippen LogP contribution in [0.1, 0.15) is 22.2 Å². The highest BCUT2D eigenvalue weighted by atomic mass is 32.2. The molecule has 2 aromatic heterocycles. The summed E-state index contributed by atoms with van der Waals surface area (Å²) in [6.07, 6.45) is 0. The van der Waals surface area contributed by atoms with Crippen LogP contribution in [0.25, 0.3) is 0 Å². The summed E-state index contributed by atoms with van der Waals surface area (Å²) >= 11 is 0.921. The smallest absolute Gasteiger partial charge is 0.250 e. The van der Waals surface area contributed by atoms with E-state index in [1.54, 1.807) is 13.8 Å². The number of hydrogen-bond acceptors (Lipinski definition) is 6. The Labute approximate surface area is 114 Å². The summed E-state index contributed by atoms with van der Waals surface area (Å²) in [6.45, 7) is 3.53. The number of oxazole rings is 1. The molecule has 2 heterocycles. The topological polar surface area (TPSA) is 96.0 Å². The molecule has 1 N–H and O–H groups in total. The van der Waals surface area contributed by atoms with Crippen molar-refractivity contribution >= 4 is 21.4 Å². The van der Waals surface area contributed by atoms with Crippen molar-refractivity contribution in [1.82, 2.24) is 9.71 Å². The van der Waals surface area contributed by atoms with Gasteiger partial charge in [-0.3, -0.25) is 0 Å². The van der Waals surface area contributed by atoms with Crippen LogP contribution in [0.3, 0.4) is 0 Å². The molecule has 19 heavy (non-hydrogen) atoms. The van der Waals surface area contributed by atoms with Crippen LogP contribution >= 0.6 is 11.3 Å². The summed E-state index contributed by atoms with van der Waals surface area (Å²) in [7, 11) is -3.63. The van der Waals surface area contributed by atoms with Gasteiger partial charge in [-0.1, -0.05) is 0 Å². The highest BCUT2D eigenvalue weighted by molar-refractivity contribution is 7.91. The minimum absolute atomic E-state index is 0.0171. The standard InChI is InChI=1S/C11H11N3O3S2/c1-7-8(2)17-10(14-7)6-13-19(15,16)11-4-3-9(5-12)18-11/h3-4,13H,6H2,1-2H3. The third-order valence-corrected chi connectivity index (χ3v) is 5.33. The number of aromatic nitrogens is 1. The quantitative estimate of drug-likeness (QED) is 0.926. The first-order chi connectivity index (χ1) is 8.92. The normalized spacial score (nSPS) is 11.4. The van der Waals surface area contributed by atoms with Crippen molar-refractivity contribution in [2.24, 2.45) is 0 Å². The molecule has 0 aliphatic rings. The Hall–Kier alpha value is -1.69. The van der Waals surface area contributed by atoms with Crippen LogP contribution in [-0.4, -0.2) is 13.4 Å². The van der Waals surface area contributed by atoms with E-state index < -0.39 is 10.0 Å². The zero-order valence-electron chi connectivity index (χ0n) is 10.3. The molecule has 8 heteroatoms. The van der Waals surface area contributed by atoms with Gasteiger partial charge in [0.2, 0.25) is 5.89 Å². The molecule has 0 aliphatic carbocycles. The van der Waals surface area contributed by atoms with Crippen LogP contribution in [0.5, 0.6) is 0 Å². The molecule has 2 rings (SSSR count). The van der Waals surface area contributed by atoms with Crippen LogP contribution < -0.4 is 4.72 Å². The molecule has 0 radical (unpaired) electrons. The third kappa shape index (κ3) is 3.01. The Morgan fingerprint density at radius 2 is 2.21 bits per heavy atom. The van der Waals surface area contributed by atoms with Gasteiger partial charge in [-0.15, -0.1) is 11.3 Å². The molecule has 0 aromatic carbocycles. The van der Waals surface area contributed by atoms with Crippen LogP contribution in [0.15, 0.2) is 20.8 Å².